The molecular formula is C17H15N3O4S. The molecule has 2 N–H and O–H groups in total. The predicted molar refractivity (Wildman–Crippen MR) is 94.2 cm³/mol. The molecule has 8 heteroatoms. The largest absolute Gasteiger partial charge is 0.397 e. The molecule has 3 aromatic rings. The number of hydrogen-bond donors (Lipinski definition) is 1. The Morgan fingerprint density at radius 2 is 1.84 bits per heavy atom. The number of nitrogens with zero attached hydrogens (tertiary/aromatic N) is 2. The Morgan fingerprint density at radius 1 is 1.12 bits per heavy atom. The van der Waals surface area contributed by atoms with Gasteiger partial charge in [-0.05, 0) is 43.7 Å². The number of hydrogen-bond acceptors (Lipinski definition) is 6. The van der Waals surface area contributed by atoms with Crippen LogP contribution in [0.25, 0.3) is 10.9 Å². The summed E-state index contributed by atoms with van der Waals surface area (Å²) in [7, 11) is -4.13. The molecule has 0 radical (unpaired) electrons. The average molecular weight is 357 g/mol. The summed E-state index contributed by atoms with van der Waals surface area (Å²) in [5, 5.41) is 11.7. The van der Waals surface area contributed by atoms with Crippen LogP contribution in [0.4, 0.5) is 11.4 Å². The Labute approximate surface area is 144 Å². The van der Waals surface area contributed by atoms with Gasteiger partial charge in [0.25, 0.3) is 5.69 Å². The van der Waals surface area contributed by atoms with Gasteiger partial charge in [0.05, 0.1) is 20.9 Å². The van der Waals surface area contributed by atoms with Crippen LogP contribution < -0.4 is 5.73 Å². The molecule has 0 aliphatic carbocycles. The molecular weight excluding hydrogens is 342 g/mol. The van der Waals surface area contributed by atoms with Gasteiger partial charge in [-0.25, -0.2) is 8.42 Å². The summed E-state index contributed by atoms with van der Waals surface area (Å²) in [4.78, 5) is 14.5. The maximum absolute atomic E-state index is 13.1. The summed E-state index contributed by atoms with van der Waals surface area (Å²) in [6.07, 6.45) is 1.45. The molecule has 128 valence electrons. The molecule has 3 rings (SSSR count). The van der Waals surface area contributed by atoms with Crippen molar-refractivity contribution < 1.29 is 13.3 Å². The first kappa shape index (κ1) is 16.8. The van der Waals surface area contributed by atoms with Crippen molar-refractivity contribution in [1.29, 1.82) is 0 Å². The van der Waals surface area contributed by atoms with Crippen LogP contribution in [-0.4, -0.2) is 18.3 Å². The molecule has 7 nitrogen and oxygen atoms in total. The average Bonchev–Trinajstić information content (AvgIpc) is 2.54. The van der Waals surface area contributed by atoms with Crippen molar-refractivity contribution in [2.75, 3.05) is 5.73 Å². The summed E-state index contributed by atoms with van der Waals surface area (Å²) in [6, 6.07) is 8.87. The molecule has 0 aliphatic heterocycles. The zero-order chi connectivity index (χ0) is 18.4. The van der Waals surface area contributed by atoms with E-state index in [4.69, 9.17) is 5.73 Å². The normalized spacial score (nSPS) is 11.6. The third-order valence-electron chi connectivity index (χ3n) is 3.95. The summed E-state index contributed by atoms with van der Waals surface area (Å²) in [5.41, 5.74) is 7.08. The van der Waals surface area contributed by atoms with E-state index in [9.17, 15) is 18.5 Å². The minimum atomic E-state index is -4.13. The monoisotopic (exact) mass is 357 g/mol. The quantitative estimate of drug-likeness (QED) is 0.437. The highest BCUT2D eigenvalue weighted by atomic mass is 32.2. The molecule has 25 heavy (non-hydrogen) atoms. The van der Waals surface area contributed by atoms with Crippen molar-refractivity contribution in [1.82, 2.24) is 4.98 Å². The summed E-state index contributed by atoms with van der Waals surface area (Å²) < 4.78 is 26.2. The Hall–Kier alpha value is -3.00. The molecule has 0 bridgehead atoms. The first-order valence-corrected chi connectivity index (χ1v) is 8.85. The minimum absolute atomic E-state index is 0.0174. The lowest BCUT2D eigenvalue weighted by Crippen LogP contribution is -2.09. The lowest BCUT2D eigenvalue weighted by Gasteiger charge is -2.11. The van der Waals surface area contributed by atoms with Gasteiger partial charge in [0, 0.05) is 6.20 Å². The number of benzene rings is 2. The SMILES string of the molecule is Cc1ccc(S(=O)(=O)c2cc(N)c3ncccc3c2[N+](=O)[O-])c(C)c1. The number of pyridine rings is 1. The lowest BCUT2D eigenvalue weighted by atomic mass is 10.1. The Balaban J connectivity index is 2.42. The summed E-state index contributed by atoms with van der Waals surface area (Å²) in [6.45, 7) is 3.49. The Bertz CT molecular complexity index is 1120. The van der Waals surface area contributed by atoms with E-state index in [2.05, 4.69) is 4.98 Å². The van der Waals surface area contributed by atoms with Gasteiger partial charge in [0.15, 0.2) is 4.90 Å². The number of sulfone groups is 1. The Kier molecular flexibility index (Phi) is 3.92. The smallest absolute Gasteiger partial charge is 0.297 e. The number of nitrogen functional groups attached to an aromatic ring is 1. The zero-order valence-electron chi connectivity index (χ0n) is 13.6. The van der Waals surface area contributed by atoms with Gasteiger partial charge in [0.1, 0.15) is 5.52 Å². The fourth-order valence-corrected chi connectivity index (χ4v) is 4.54. The van der Waals surface area contributed by atoms with E-state index in [0.29, 0.717) is 5.56 Å². The lowest BCUT2D eigenvalue weighted by molar-refractivity contribution is -0.386. The van der Waals surface area contributed by atoms with E-state index in [1.807, 2.05) is 6.92 Å². The third-order valence-corrected chi connectivity index (χ3v) is 5.88. The van der Waals surface area contributed by atoms with Gasteiger partial charge in [-0.15, -0.1) is 0 Å². The van der Waals surface area contributed by atoms with Crippen LogP contribution in [0.15, 0.2) is 52.4 Å². The van der Waals surface area contributed by atoms with Crippen LogP contribution in [0.5, 0.6) is 0 Å². The van der Waals surface area contributed by atoms with Crippen LogP contribution in [0.2, 0.25) is 0 Å². The van der Waals surface area contributed by atoms with Crippen molar-refractivity contribution >= 4 is 32.1 Å². The highest BCUT2D eigenvalue weighted by Gasteiger charge is 2.32. The number of aromatic nitrogens is 1. The molecule has 0 aliphatic rings. The number of nitro groups is 1. The van der Waals surface area contributed by atoms with E-state index in [1.165, 1.54) is 24.4 Å². The number of rotatable bonds is 3. The van der Waals surface area contributed by atoms with Gasteiger partial charge < -0.3 is 5.73 Å². The molecule has 0 amide bonds. The standard InChI is InChI=1S/C17H15N3O4S/c1-10-5-6-14(11(2)8-10)25(23,24)15-9-13(18)16-12(4-3-7-19-16)17(15)20(21)22/h3-9H,18H2,1-2H3. The van der Waals surface area contributed by atoms with Crippen LogP contribution in [0.3, 0.4) is 0 Å². The van der Waals surface area contributed by atoms with Gasteiger partial charge in [-0.1, -0.05) is 17.7 Å². The van der Waals surface area contributed by atoms with E-state index in [-0.39, 0.29) is 21.5 Å². The van der Waals surface area contributed by atoms with Crippen LogP contribution in [0, 0.1) is 24.0 Å². The van der Waals surface area contributed by atoms with Crippen molar-refractivity contribution in [3.8, 4) is 0 Å². The van der Waals surface area contributed by atoms with Gasteiger partial charge >= 0.3 is 0 Å². The summed E-state index contributed by atoms with van der Waals surface area (Å²) >= 11 is 0. The molecule has 1 heterocycles. The molecule has 0 unspecified atom stereocenters. The molecule has 0 saturated heterocycles. The molecule has 0 atom stereocenters. The third kappa shape index (κ3) is 2.70. The summed E-state index contributed by atoms with van der Waals surface area (Å²) in [5.74, 6) is 0. The van der Waals surface area contributed by atoms with Crippen molar-refractivity contribution in [3.63, 3.8) is 0 Å². The van der Waals surface area contributed by atoms with Crippen molar-refractivity contribution in [3.05, 3.63) is 63.8 Å². The van der Waals surface area contributed by atoms with Crippen LogP contribution >= 0.6 is 0 Å². The van der Waals surface area contributed by atoms with E-state index in [1.54, 1.807) is 19.1 Å². The van der Waals surface area contributed by atoms with Crippen LogP contribution in [0.1, 0.15) is 11.1 Å². The first-order chi connectivity index (χ1) is 11.7. The topological polar surface area (TPSA) is 116 Å². The predicted octanol–water partition coefficient (Wildman–Crippen LogP) is 3.17. The second kappa shape index (κ2) is 5.82. The van der Waals surface area contributed by atoms with E-state index < -0.39 is 25.3 Å². The number of anilines is 1. The second-order valence-electron chi connectivity index (χ2n) is 5.74. The maximum Gasteiger partial charge on any atom is 0.297 e. The number of nitrogens with two attached hydrogens (primary N) is 1. The van der Waals surface area contributed by atoms with Gasteiger partial charge in [-0.3, -0.25) is 15.1 Å². The maximum atomic E-state index is 13.1. The molecule has 0 fully saturated rings. The van der Waals surface area contributed by atoms with Gasteiger partial charge in [0.2, 0.25) is 9.84 Å². The molecule has 2 aromatic carbocycles. The Morgan fingerprint density at radius 3 is 2.48 bits per heavy atom. The zero-order valence-corrected chi connectivity index (χ0v) is 14.4. The molecule has 0 spiro atoms. The second-order valence-corrected chi connectivity index (χ2v) is 7.63. The molecule has 0 saturated carbocycles. The van der Waals surface area contributed by atoms with Gasteiger partial charge in [-0.2, -0.15) is 0 Å². The highest BCUT2D eigenvalue weighted by molar-refractivity contribution is 7.91. The molecule has 1 aromatic heterocycles. The minimum Gasteiger partial charge on any atom is -0.397 e. The fourth-order valence-electron chi connectivity index (χ4n) is 2.85. The van der Waals surface area contributed by atoms with Crippen LogP contribution in [-0.2, 0) is 9.84 Å². The number of aryl methyl sites for hydroxylation is 2. The fraction of sp³-hybridized carbons (Fsp3) is 0.118. The van der Waals surface area contributed by atoms with E-state index >= 15 is 0 Å². The number of fused-ring (bicyclic) bond motifs is 1. The van der Waals surface area contributed by atoms with Crippen molar-refractivity contribution in [2.24, 2.45) is 0 Å². The first-order valence-electron chi connectivity index (χ1n) is 7.37. The van der Waals surface area contributed by atoms with E-state index in [0.717, 1.165) is 11.6 Å². The number of nitro benzene ring substituents is 1. The highest BCUT2D eigenvalue weighted by Crippen LogP contribution is 2.38. The van der Waals surface area contributed by atoms with Crippen molar-refractivity contribution in [2.45, 2.75) is 23.6 Å².